The molecular weight excluding hydrogens is 408 g/mol. The van der Waals surface area contributed by atoms with Crippen LogP contribution in [-0.4, -0.2) is 47.9 Å². The van der Waals surface area contributed by atoms with Gasteiger partial charge in [-0.2, -0.15) is 4.98 Å². The summed E-state index contributed by atoms with van der Waals surface area (Å²) in [6.45, 7) is 7.76. The van der Waals surface area contributed by atoms with E-state index in [1.165, 1.54) is 0 Å². The maximum Gasteiger partial charge on any atom is 0.258 e. The monoisotopic (exact) mass is 434 g/mol. The topological polar surface area (TPSA) is 102 Å². The Kier molecular flexibility index (Phi) is 6.69. The van der Waals surface area contributed by atoms with Crippen molar-refractivity contribution in [2.45, 2.75) is 43.7 Å². The number of fused-ring (bicyclic) bond motifs is 1. The average Bonchev–Trinajstić information content (AvgIpc) is 2.67. The molecule has 0 saturated carbocycles. The molecule has 2 heterocycles. The van der Waals surface area contributed by atoms with Crippen molar-refractivity contribution in [3.05, 3.63) is 39.7 Å². The van der Waals surface area contributed by atoms with E-state index in [1.54, 1.807) is 18.2 Å². The summed E-state index contributed by atoms with van der Waals surface area (Å²) in [6, 6.07) is 6.14. The Bertz CT molecular complexity index is 955. The number of ketones is 1. The van der Waals surface area contributed by atoms with Crippen LogP contribution in [0.5, 0.6) is 17.4 Å². The molecule has 156 valence electrons. The van der Waals surface area contributed by atoms with Gasteiger partial charge in [0, 0.05) is 13.6 Å². The van der Waals surface area contributed by atoms with E-state index >= 15 is 0 Å². The second-order valence-corrected chi connectivity index (χ2v) is 14.7. The number of hydrogen-bond acceptors (Lipinski definition) is 7. The van der Waals surface area contributed by atoms with E-state index in [9.17, 15) is 14.7 Å². The fraction of sp³-hybridized carbons (Fsp3) is 0.450. The molecule has 0 bridgehead atoms. The first-order chi connectivity index (χ1) is 13.7. The zero-order chi connectivity index (χ0) is 21.0. The van der Waals surface area contributed by atoms with Gasteiger partial charge >= 0.3 is 0 Å². The molecule has 7 nitrogen and oxygen atoms in total. The number of benzene rings is 1. The van der Waals surface area contributed by atoms with Crippen molar-refractivity contribution >= 4 is 25.6 Å². The smallest absolute Gasteiger partial charge is 0.258 e. The second kappa shape index (κ2) is 9.04. The summed E-state index contributed by atoms with van der Waals surface area (Å²) < 4.78 is 11.0. The number of aromatic amines is 1. The average molecular weight is 435 g/mol. The third-order valence-electron chi connectivity index (χ3n) is 4.53. The summed E-state index contributed by atoms with van der Waals surface area (Å²) in [7, 11) is -1.20. The van der Waals surface area contributed by atoms with Crippen LogP contribution in [0.3, 0.4) is 0 Å². The summed E-state index contributed by atoms with van der Waals surface area (Å²) in [5.41, 5.74) is 0.462. The van der Waals surface area contributed by atoms with Gasteiger partial charge in [-0.3, -0.25) is 9.59 Å². The highest BCUT2D eigenvalue weighted by molar-refractivity contribution is 7.99. The third-order valence-corrected chi connectivity index (χ3v) is 7.26. The van der Waals surface area contributed by atoms with Crippen LogP contribution >= 0.6 is 11.8 Å². The van der Waals surface area contributed by atoms with Crippen molar-refractivity contribution in [1.82, 2.24) is 9.97 Å². The third kappa shape index (κ3) is 5.86. The minimum absolute atomic E-state index is 0.0804. The molecule has 9 heteroatoms. The van der Waals surface area contributed by atoms with Gasteiger partial charge in [-0.1, -0.05) is 43.9 Å². The number of hydrogen-bond donors (Lipinski definition) is 2. The van der Waals surface area contributed by atoms with Gasteiger partial charge in [-0.05, 0) is 24.6 Å². The van der Waals surface area contributed by atoms with E-state index in [0.717, 1.165) is 24.2 Å². The molecule has 0 aliphatic carbocycles. The lowest BCUT2D eigenvalue weighted by Crippen LogP contribution is -2.20. The molecule has 1 aromatic heterocycles. The van der Waals surface area contributed by atoms with Gasteiger partial charge in [-0.25, -0.2) is 0 Å². The van der Waals surface area contributed by atoms with E-state index in [-0.39, 0.29) is 28.1 Å². The molecule has 1 aromatic carbocycles. The molecule has 0 saturated heterocycles. The molecule has 2 aromatic rings. The number of nitrogens with one attached hydrogen (secondary N) is 1. The summed E-state index contributed by atoms with van der Waals surface area (Å²) in [5.74, 6) is 0.878. The molecule has 0 amide bonds. The lowest BCUT2D eigenvalue weighted by Gasteiger charge is -2.18. The van der Waals surface area contributed by atoms with E-state index in [4.69, 9.17) is 9.47 Å². The summed E-state index contributed by atoms with van der Waals surface area (Å²) >= 11 is 1.08. The highest BCUT2D eigenvalue weighted by Crippen LogP contribution is 2.31. The van der Waals surface area contributed by atoms with Crippen LogP contribution < -0.4 is 15.0 Å². The van der Waals surface area contributed by atoms with Crippen LogP contribution in [0.2, 0.25) is 25.7 Å². The Hall–Kier alpha value is -2.26. The maximum atomic E-state index is 12.5. The van der Waals surface area contributed by atoms with Crippen LogP contribution in [0.4, 0.5) is 0 Å². The second-order valence-electron chi connectivity index (χ2n) is 8.16. The zero-order valence-electron chi connectivity index (χ0n) is 16.9. The Balaban J connectivity index is 1.62. The normalized spacial score (nSPS) is 13.3. The first kappa shape index (κ1) is 21.4. The number of carbonyl (C=O) groups excluding carboxylic acids is 1. The van der Waals surface area contributed by atoms with Gasteiger partial charge in [0.15, 0.2) is 22.4 Å². The predicted molar refractivity (Wildman–Crippen MR) is 115 cm³/mol. The molecule has 0 fully saturated rings. The minimum Gasteiger partial charge on any atom is -0.493 e. The summed E-state index contributed by atoms with van der Waals surface area (Å²) in [6.07, 6.45) is 1.35. The summed E-state index contributed by atoms with van der Waals surface area (Å²) in [5, 5.41) is 10.4. The Morgan fingerprint density at radius 2 is 1.97 bits per heavy atom. The quantitative estimate of drug-likeness (QED) is 0.284. The molecule has 29 heavy (non-hydrogen) atoms. The van der Waals surface area contributed by atoms with Gasteiger partial charge in [0.2, 0.25) is 5.88 Å². The molecule has 0 atom stereocenters. The van der Waals surface area contributed by atoms with Crippen molar-refractivity contribution in [2.24, 2.45) is 0 Å². The highest BCUT2D eigenvalue weighted by Gasteiger charge is 2.18. The number of Topliss-reactive ketones (excluding diaryl/α,β-unsaturated/α-hetero) is 1. The van der Waals surface area contributed by atoms with Crippen LogP contribution in [0.15, 0.2) is 28.2 Å². The minimum atomic E-state index is -1.20. The first-order valence-corrected chi connectivity index (χ1v) is 14.3. The number of thioether (sulfide) groups is 1. The van der Waals surface area contributed by atoms with E-state index in [2.05, 4.69) is 29.6 Å². The van der Waals surface area contributed by atoms with Crippen LogP contribution in [0.1, 0.15) is 22.3 Å². The molecule has 2 N–H and O–H groups in total. The van der Waals surface area contributed by atoms with Crippen molar-refractivity contribution < 1.29 is 19.4 Å². The Labute approximate surface area is 174 Å². The molecule has 0 spiro atoms. The Morgan fingerprint density at radius 1 is 1.24 bits per heavy atom. The number of nitrogens with zero attached hydrogens (tertiary/aromatic N) is 1. The van der Waals surface area contributed by atoms with Crippen molar-refractivity contribution in [3.63, 3.8) is 0 Å². The van der Waals surface area contributed by atoms with Crippen LogP contribution in [0, 0.1) is 0 Å². The maximum absolute atomic E-state index is 12.5. The number of aromatic nitrogens is 2. The van der Waals surface area contributed by atoms with E-state index in [0.29, 0.717) is 42.3 Å². The van der Waals surface area contributed by atoms with Gasteiger partial charge in [0.05, 0.1) is 11.3 Å². The highest BCUT2D eigenvalue weighted by atomic mass is 32.2. The van der Waals surface area contributed by atoms with Crippen molar-refractivity contribution in [2.75, 3.05) is 19.0 Å². The predicted octanol–water partition coefficient (Wildman–Crippen LogP) is 3.49. The zero-order valence-corrected chi connectivity index (χ0v) is 18.7. The lowest BCUT2D eigenvalue weighted by atomic mass is 10.1. The molecule has 3 rings (SSSR count). The molecular formula is C20H26N2O5SSi. The standard InChI is InChI=1S/C20H26N2O5SSi/c1-29(2,3)10-4-5-14-18(24)21-20(22-19(14)25)28-12-15(23)13-6-7-16-17(11-13)27-9-8-26-16/h6-7,11H,4-5,8-10,12H2,1-3H3,(H2,21,22,24,25). The van der Waals surface area contributed by atoms with Crippen LogP contribution in [0.25, 0.3) is 0 Å². The number of aromatic hydroxyl groups is 1. The Morgan fingerprint density at radius 3 is 2.66 bits per heavy atom. The van der Waals surface area contributed by atoms with Crippen molar-refractivity contribution in [1.29, 1.82) is 0 Å². The fourth-order valence-electron chi connectivity index (χ4n) is 2.99. The summed E-state index contributed by atoms with van der Waals surface area (Å²) in [4.78, 5) is 31.5. The largest absolute Gasteiger partial charge is 0.493 e. The molecule has 1 aliphatic heterocycles. The number of ether oxygens (including phenoxy) is 2. The number of rotatable bonds is 8. The first-order valence-electron chi connectivity index (χ1n) is 9.61. The van der Waals surface area contributed by atoms with Gasteiger partial charge in [0.1, 0.15) is 13.2 Å². The molecule has 0 radical (unpaired) electrons. The lowest BCUT2D eigenvalue weighted by molar-refractivity contribution is 0.102. The van der Waals surface area contributed by atoms with E-state index in [1.807, 2.05) is 0 Å². The van der Waals surface area contributed by atoms with Crippen LogP contribution in [-0.2, 0) is 6.42 Å². The number of carbonyl (C=O) groups is 1. The SMILES string of the molecule is C[Si](C)(C)CCCc1c(O)nc(SCC(=O)c2ccc3c(c2)OCCO3)[nH]c1=O. The van der Waals surface area contributed by atoms with Gasteiger partial charge in [-0.15, -0.1) is 0 Å². The van der Waals surface area contributed by atoms with Gasteiger partial charge < -0.3 is 19.6 Å². The van der Waals surface area contributed by atoms with Crippen molar-refractivity contribution in [3.8, 4) is 17.4 Å². The fourth-order valence-corrected chi connectivity index (χ4v) is 4.98. The van der Waals surface area contributed by atoms with E-state index < -0.39 is 8.07 Å². The molecule has 0 unspecified atom stereocenters. The number of H-pyrrole nitrogens is 1. The van der Waals surface area contributed by atoms with Gasteiger partial charge in [0.25, 0.3) is 5.56 Å². The molecule has 1 aliphatic rings.